The topological polar surface area (TPSA) is 90.9 Å². The fraction of sp³-hybridized carbons (Fsp3) is 0.462. The molecule has 112 valence electrons. The molecule has 0 saturated heterocycles. The predicted molar refractivity (Wildman–Crippen MR) is 70.9 cm³/mol. The van der Waals surface area contributed by atoms with Crippen LogP contribution in [0.2, 0.25) is 0 Å². The van der Waals surface area contributed by atoms with Crippen molar-refractivity contribution < 1.29 is 28.6 Å². The molecular weight excluding hydrogens is 266 g/mol. The van der Waals surface area contributed by atoms with Crippen LogP contribution in [0.1, 0.15) is 13.8 Å². The molecule has 0 spiro atoms. The highest BCUT2D eigenvalue weighted by Crippen LogP contribution is 2.07. The fourth-order valence-electron chi connectivity index (χ4n) is 1.11. The minimum absolute atomic E-state index is 0.181. The van der Waals surface area contributed by atoms with Crippen LogP contribution in [0.25, 0.3) is 0 Å². The lowest BCUT2D eigenvalue weighted by molar-refractivity contribution is -0.144. The Morgan fingerprint density at radius 2 is 1.50 bits per heavy atom. The number of nitrogens with one attached hydrogen (secondary N) is 1. The molecule has 1 amide bonds. The standard InChI is InChI=1S/C13H19NO6/c1-5-10(15)19-8-13(4,9-20-11(16)6-2)14-12(17)18-7-3/h5-6H,1-2,7-9H2,3-4H3,(H,14,17). The van der Waals surface area contributed by atoms with Crippen molar-refractivity contribution in [1.82, 2.24) is 5.32 Å². The third kappa shape index (κ3) is 7.20. The molecule has 0 heterocycles. The Kier molecular flexibility index (Phi) is 7.72. The van der Waals surface area contributed by atoms with Crippen LogP contribution in [0.4, 0.5) is 4.79 Å². The lowest BCUT2D eigenvalue weighted by Crippen LogP contribution is -2.53. The number of carbonyl (C=O) groups is 3. The quantitative estimate of drug-likeness (QED) is 0.405. The van der Waals surface area contributed by atoms with Crippen molar-refractivity contribution in [3.8, 4) is 0 Å². The Balaban J connectivity index is 4.67. The first-order valence-corrected chi connectivity index (χ1v) is 5.90. The smallest absolute Gasteiger partial charge is 0.407 e. The summed E-state index contributed by atoms with van der Waals surface area (Å²) in [6.45, 7) is 9.46. The molecule has 0 bridgehead atoms. The molecule has 0 aromatic heterocycles. The van der Waals surface area contributed by atoms with Gasteiger partial charge in [0.1, 0.15) is 18.8 Å². The van der Waals surface area contributed by atoms with Crippen molar-refractivity contribution in [2.75, 3.05) is 19.8 Å². The van der Waals surface area contributed by atoms with Gasteiger partial charge >= 0.3 is 18.0 Å². The summed E-state index contributed by atoms with van der Waals surface area (Å²) in [6, 6.07) is 0. The molecule has 7 heteroatoms. The normalized spacial score (nSPS) is 10.1. The highest BCUT2D eigenvalue weighted by Gasteiger charge is 2.30. The summed E-state index contributed by atoms with van der Waals surface area (Å²) >= 11 is 0. The summed E-state index contributed by atoms with van der Waals surface area (Å²) in [4.78, 5) is 33.5. The van der Waals surface area contributed by atoms with E-state index in [0.29, 0.717) is 0 Å². The van der Waals surface area contributed by atoms with Crippen LogP contribution in [0, 0.1) is 0 Å². The van der Waals surface area contributed by atoms with Gasteiger partial charge in [0, 0.05) is 12.2 Å². The average molecular weight is 285 g/mol. The largest absolute Gasteiger partial charge is 0.460 e. The van der Waals surface area contributed by atoms with Gasteiger partial charge < -0.3 is 19.5 Å². The van der Waals surface area contributed by atoms with E-state index in [9.17, 15) is 14.4 Å². The number of hydrogen-bond acceptors (Lipinski definition) is 6. The number of esters is 2. The number of alkyl carbamates (subject to hydrolysis) is 1. The van der Waals surface area contributed by atoms with Gasteiger partial charge in [-0.3, -0.25) is 0 Å². The van der Waals surface area contributed by atoms with E-state index < -0.39 is 23.6 Å². The van der Waals surface area contributed by atoms with Crippen molar-refractivity contribution in [1.29, 1.82) is 0 Å². The minimum Gasteiger partial charge on any atom is -0.460 e. The van der Waals surface area contributed by atoms with Gasteiger partial charge in [-0.15, -0.1) is 0 Å². The molecule has 20 heavy (non-hydrogen) atoms. The summed E-state index contributed by atoms with van der Waals surface area (Å²) in [5.41, 5.74) is -1.12. The first-order chi connectivity index (χ1) is 9.36. The average Bonchev–Trinajstić information content (AvgIpc) is 2.42. The molecule has 0 saturated carbocycles. The Morgan fingerprint density at radius 1 is 1.05 bits per heavy atom. The molecule has 0 unspecified atom stereocenters. The van der Waals surface area contributed by atoms with E-state index >= 15 is 0 Å². The molecular formula is C13H19NO6. The van der Waals surface area contributed by atoms with Gasteiger partial charge in [0.2, 0.25) is 0 Å². The maximum atomic E-state index is 11.4. The van der Waals surface area contributed by atoms with E-state index in [0.717, 1.165) is 12.2 Å². The highest BCUT2D eigenvalue weighted by molar-refractivity contribution is 5.81. The van der Waals surface area contributed by atoms with Gasteiger partial charge in [0.15, 0.2) is 0 Å². The molecule has 0 aliphatic heterocycles. The first kappa shape index (κ1) is 17.7. The van der Waals surface area contributed by atoms with E-state index in [1.165, 1.54) is 6.92 Å². The second-order valence-electron chi connectivity index (χ2n) is 4.03. The summed E-state index contributed by atoms with van der Waals surface area (Å²) in [5, 5.41) is 2.47. The van der Waals surface area contributed by atoms with Crippen LogP contribution in [-0.2, 0) is 23.8 Å². The first-order valence-electron chi connectivity index (χ1n) is 5.90. The maximum Gasteiger partial charge on any atom is 0.407 e. The molecule has 0 atom stereocenters. The monoisotopic (exact) mass is 285 g/mol. The fourth-order valence-corrected chi connectivity index (χ4v) is 1.11. The highest BCUT2D eigenvalue weighted by atomic mass is 16.6. The third-order valence-electron chi connectivity index (χ3n) is 2.08. The second kappa shape index (κ2) is 8.73. The number of hydrogen-bond donors (Lipinski definition) is 1. The lowest BCUT2D eigenvalue weighted by atomic mass is 10.1. The van der Waals surface area contributed by atoms with Gasteiger partial charge in [-0.05, 0) is 13.8 Å². The Labute approximate surface area is 117 Å². The van der Waals surface area contributed by atoms with Gasteiger partial charge in [-0.2, -0.15) is 0 Å². The van der Waals surface area contributed by atoms with Crippen molar-refractivity contribution >= 4 is 18.0 Å². The van der Waals surface area contributed by atoms with E-state index in [2.05, 4.69) is 18.5 Å². The summed E-state index contributed by atoms with van der Waals surface area (Å²) in [7, 11) is 0. The van der Waals surface area contributed by atoms with Gasteiger partial charge in [0.25, 0.3) is 0 Å². The molecule has 7 nitrogen and oxygen atoms in total. The number of carbonyl (C=O) groups excluding carboxylic acids is 3. The van der Waals surface area contributed by atoms with E-state index in [-0.39, 0.29) is 19.8 Å². The maximum absolute atomic E-state index is 11.4. The Morgan fingerprint density at radius 3 is 1.85 bits per heavy atom. The molecule has 1 N–H and O–H groups in total. The zero-order valence-electron chi connectivity index (χ0n) is 11.6. The van der Waals surface area contributed by atoms with Gasteiger partial charge in [0.05, 0.1) is 6.61 Å². The van der Waals surface area contributed by atoms with Crippen molar-refractivity contribution in [3.05, 3.63) is 25.3 Å². The zero-order chi connectivity index (χ0) is 15.6. The van der Waals surface area contributed by atoms with Crippen molar-refractivity contribution in [3.63, 3.8) is 0 Å². The van der Waals surface area contributed by atoms with Crippen LogP contribution >= 0.6 is 0 Å². The van der Waals surface area contributed by atoms with E-state index in [4.69, 9.17) is 14.2 Å². The number of amides is 1. The third-order valence-corrected chi connectivity index (χ3v) is 2.08. The van der Waals surface area contributed by atoms with Crippen LogP contribution in [0.5, 0.6) is 0 Å². The molecule has 0 fully saturated rings. The summed E-state index contributed by atoms with van der Waals surface area (Å²) in [6.07, 6.45) is 1.26. The number of ether oxygens (including phenoxy) is 3. The Hall–Kier alpha value is -2.31. The van der Waals surface area contributed by atoms with E-state index in [1.807, 2.05) is 0 Å². The summed E-state index contributed by atoms with van der Waals surface area (Å²) < 4.78 is 14.4. The van der Waals surface area contributed by atoms with Crippen LogP contribution in [0.15, 0.2) is 25.3 Å². The van der Waals surface area contributed by atoms with Gasteiger partial charge in [-0.1, -0.05) is 13.2 Å². The lowest BCUT2D eigenvalue weighted by Gasteiger charge is -2.28. The van der Waals surface area contributed by atoms with Crippen molar-refractivity contribution in [2.24, 2.45) is 0 Å². The number of rotatable bonds is 8. The zero-order valence-corrected chi connectivity index (χ0v) is 11.6. The molecule has 0 rings (SSSR count). The predicted octanol–water partition coefficient (Wildman–Crippen LogP) is 0.950. The molecule has 0 aromatic carbocycles. The van der Waals surface area contributed by atoms with Crippen LogP contribution in [0.3, 0.4) is 0 Å². The molecule has 0 aliphatic rings. The molecule has 0 radical (unpaired) electrons. The van der Waals surface area contributed by atoms with Gasteiger partial charge in [-0.25, -0.2) is 14.4 Å². The van der Waals surface area contributed by atoms with E-state index in [1.54, 1.807) is 6.92 Å². The Bertz CT molecular complexity index is 366. The molecule has 0 aromatic rings. The molecule has 0 aliphatic carbocycles. The minimum atomic E-state index is -1.12. The SMILES string of the molecule is C=CC(=O)OCC(C)(COC(=O)C=C)NC(=O)OCC. The van der Waals surface area contributed by atoms with Crippen molar-refractivity contribution in [2.45, 2.75) is 19.4 Å². The van der Waals surface area contributed by atoms with Crippen LogP contribution < -0.4 is 5.32 Å². The summed E-state index contributed by atoms with van der Waals surface area (Å²) in [5.74, 6) is -1.31. The second-order valence-corrected chi connectivity index (χ2v) is 4.03. The van der Waals surface area contributed by atoms with Crippen LogP contribution in [-0.4, -0.2) is 43.4 Å².